The van der Waals surface area contributed by atoms with Gasteiger partial charge in [0.2, 0.25) is 0 Å². The summed E-state index contributed by atoms with van der Waals surface area (Å²) in [5, 5.41) is 0. The molecular formula is C32H44S7Si2. The lowest BCUT2D eigenvalue weighted by Crippen LogP contribution is -2.54. The van der Waals surface area contributed by atoms with Gasteiger partial charge in [-0.05, 0) is 76.0 Å². The van der Waals surface area contributed by atoms with Crippen LogP contribution < -0.4 is 9.00 Å². The van der Waals surface area contributed by atoms with Crippen LogP contribution in [0.3, 0.4) is 0 Å². The van der Waals surface area contributed by atoms with Gasteiger partial charge in [0.25, 0.3) is 0 Å². The lowest BCUT2D eigenvalue weighted by molar-refractivity contribution is 0.837. The van der Waals surface area contributed by atoms with Gasteiger partial charge in [-0.2, -0.15) is 0 Å². The zero-order chi connectivity index (χ0) is 29.8. The van der Waals surface area contributed by atoms with Crippen molar-refractivity contribution in [2.75, 3.05) is 0 Å². The number of hydrogen-bond acceptors (Lipinski definition) is 7. The quantitative estimate of drug-likeness (QED) is 0.116. The molecule has 9 heteroatoms. The molecule has 6 rings (SSSR count). The maximum Gasteiger partial charge on any atom is 0.107 e. The minimum atomic E-state index is -1.64. The Balaban J connectivity index is 1.48. The van der Waals surface area contributed by atoms with Crippen molar-refractivity contribution in [3.8, 4) is 9.75 Å². The second kappa shape index (κ2) is 11.0. The van der Waals surface area contributed by atoms with E-state index < -0.39 is 16.1 Å². The number of rotatable bonds is 8. The molecule has 0 amide bonds. The van der Waals surface area contributed by atoms with Crippen molar-refractivity contribution in [3.05, 3.63) is 12.1 Å². The molecule has 0 saturated carbocycles. The molecule has 0 unspecified atom stereocenters. The molecule has 5 aromatic rings. The fraction of sp³-hybridized carbons (Fsp3) is 0.562. The highest BCUT2D eigenvalue weighted by Crippen LogP contribution is 2.64. The lowest BCUT2D eigenvalue weighted by Gasteiger charge is -2.42. The van der Waals surface area contributed by atoms with E-state index in [9.17, 15) is 0 Å². The monoisotopic (exact) mass is 708 g/mol. The first-order chi connectivity index (χ1) is 19.3. The normalized spacial score (nSPS) is 15.0. The summed E-state index contributed by atoms with van der Waals surface area (Å²) >= 11 is 10.6. The third kappa shape index (κ3) is 4.33. The Bertz CT molecular complexity index is 1690. The van der Waals surface area contributed by atoms with Gasteiger partial charge >= 0.3 is 0 Å². The lowest BCUT2D eigenvalue weighted by atomic mass is 10.3. The van der Waals surface area contributed by atoms with Gasteiger partial charge in [-0.25, -0.2) is 0 Å². The maximum atomic E-state index is 2.65. The molecule has 0 N–H and O–H groups in total. The Morgan fingerprint density at radius 3 is 1.27 bits per heavy atom. The summed E-state index contributed by atoms with van der Waals surface area (Å²) in [4.78, 5) is 6.20. The molecule has 5 aromatic heterocycles. The summed E-state index contributed by atoms with van der Waals surface area (Å²) in [7, 11) is 0.814. The third-order valence-corrected chi connectivity index (χ3v) is 35.6. The number of thiophene rings is 5. The largest absolute Gasteiger partial charge is 0.143 e. The van der Waals surface area contributed by atoms with Crippen molar-refractivity contribution in [1.82, 2.24) is 0 Å². The molecule has 0 bridgehead atoms. The van der Waals surface area contributed by atoms with Crippen LogP contribution in [0, 0.1) is 0 Å². The average molecular weight is 709 g/mol. The summed E-state index contributed by atoms with van der Waals surface area (Å²) < 4.78 is 12.8. The molecule has 0 saturated heterocycles. The van der Waals surface area contributed by atoms with E-state index in [4.69, 9.17) is 0 Å². The molecule has 0 spiro atoms. The van der Waals surface area contributed by atoms with Crippen LogP contribution in [0.25, 0.3) is 38.0 Å². The molecule has 0 radical (unpaired) electrons. The van der Waals surface area contributed by atoms with Crippen molar-refractivity contribution in [2.24, 2.45) is 0 Å². The Morgan fingerprint density at radius 1 is 0.415 bits per heavy atom. The summed E-state index contributed by atoms with van der Waals surface area (Å²) in [6.07, 6.45) is 0. The van der Waals surface area contributed by atoms with Crippen LogP contribution in [-0.4, -0.2) is 16.1 Å². The van der Waals surface area contributed by atoms with Gasteiger partial charge in [0.05, 0.1) is 38.3 Å². The first-order valence-electron chi connectivity index (χ1n) is 15.2. The summed E-state index contributed by atoms with van der Waals surface area (Å²) in [5.41, 5.74) is 4.53. The average Bonchev–Trinajstić information content (AvgIpc) is 3.63. The van der Waals surface area contributed by atoms with Crippen molar-refractivity contribution < 1.29 is 0 Å². The van der Waals surface area contributed by atoms with Gasteiger partial charge in [0.15, 0.2) is 0 Å². The zero-order valence-electron chi connectivity index (χ0n) is 26.5. The van der Waals surface area contributed by atoms with E-state index in [1.807, 2.05) is 21.6 Å². The van der Waals surface area contributed by atoms with Gasteiger partial charge < -0.3 is 0 Å². The van der Waals surface area contributed by atoms with Crippen LogP contribution in [0.4, 0.5) is 0 Å². The van der Waals surface area contributed by atoms with E-state index in [1.54, 1.807) is 52.0 Å². The van der Waals surface area contributed by atoms with Crippen LogP contribution in [0.1, 0.15) is 83.1 Å². The molecule has 222 valence electrons. The molecule has 1 aliphatic rings. The highest BCUT2D eigenvalue weighted by Gasteiger charge is 2.47. The molecule has 0 fully saturated rings. The predicted molar refractivity (Wildman–Crippen MR) is 207 cm³/mol. The molecule has 0 aromatic carbocycles. The second-order valence-corrected chi connectivity index (χ2v) is 33.7. The van der Waals surface area contributed by atoms with Crippen LogP contribution in [0.5, 0.6) is 0 Å². The smallest absolute Gasteiger partial charge is 0.107 e. The highest BCUT2D eigenvalue weighted by atomic mass is 33.1. The molecule has 0 atom stereocenters. The van der Waals surface area contributed by atoms with E-state index >= 15 is 0 Å². The highest BCUT2D eigenvalue weighted by molar-refractivity contribution is 8.77. The summed E-state index contributed by atoms with van der Waals surface area (Å²) in [6.45, 7) is 30.0. The number of hydrogen-bond donors (Lipinski definition) is 0. The van der Waals surface area contributed by atoms with Crippen molar-refractivity contribution in [1.29, 1.82) is 0 Å². The Labute approximate surface area is 277 Å². The Hall–Kier alpha value is 0.414. The van der Waals surface area contributed by atoms with Crippen molar-refractivity contribution in [3.63, 3.8) is 0 Å². The third-order valence-electron chi connectivity index (χ3n) is 10.3. The van der Waals surface area contributed by atoms with Gasteiger partial charge in [-0.1, -0.05) is 83.1 Å². The minimum Gasteiger partial charge on any atom is -0.143 e. The summed E-state index contributed by atoms with van der Waals surface area (Å²) in [5.74, 6) is 0. The SMILES string of the molecule is CC(C)[Si](c1cc2sc3c(c2s1)SSc1c-3sc2c1sc1cc([Si](C(C)C)(C(C)C)C(C)C)sc12)(C(C)C)C(C)C. The summed E-state index contributed by atoms with van der Waals surface area (Å²) in [6, 6.07) is 5.28. The van der Waals surface area contributed by atoms with E-state index in [-0.39, 0.29) is 0 Å². The van der Waals surface area contributed by atoms with Gasteiger partial charge in [0, 0.05) is 9.40 Å². The zero-order valence-corrected chi connectivity index (χ0v) is 34.2. The van der Waals surface area contributed by atoms with Gasteiger partial charge in [-0.15, -0.1) is 56.7 Å². The van der Waals surface area contributed by atoms with Crippen LogP contribution in [0.2, 0.25) is 33.2 Å². The van der Waals surface area contributed by atoms with Crippen molar-refractivity contribution in [2.45, 2.75) is 126 Å². The van der Waals surface area contributed by atoms with Crippen LogP contribution >= 0.6 is 78.3 Å². The number of fused-ring (bicyclic) bond motifs is 9. The fourth-order valence-electron chi connectivity index (χ4n) is 8.90. The second-order valence-electron chi connectivity index (χ2n) is 13.8. The van der Waals surface area contributed by atoms with E-state index in [0.29, 0.717) is 0 Å². The standard InChI is InChI=1S/C32H44S7Si2/c1-15(2)40(16(3)4,17(5)6)23-13-21-25(35-23)27-28(33-21)32-30(37-27)29-31(38-39-32)26-22(34-29)14-24(36-26)41(18(7)8,19(9)10)20(11)12/h13-20H,1-12H3. The van der Waals surface area contributed by atoms with Crippen LogP contribution in [-0.2, 0) is 0 Å². The first-order valence-corrected chi connectivity index (χ1v) is 25.9. The molecule has 1 aliphatic heterocycles. The van der Waals surface area contributed by atoms with Gasteiger partial charge in [0.1, 0.15) is 16.1 Å². The maximum absolute atomic E-state index is 2.65. The Kier molecular flexibility index (Phi) is 8.45. The fourth-order valence-corrected chi connectivity index (χ4v) is 38.0. The molecular weight excluding hydrogens is 665 g/mol. The Morgan fingerprint density at radius 2 is 0.805 bits per heavy atom. The molecule has 6 heterocycles. The molecule has 0 nitrogen and oxygen atoms in total. The predicted octanol–water partition coefficient (Wildman–Crippen LogP) is 14.0. The first kappa shape index (κ1) is 31.4. The topological polar surface area (TPSA) is 0 Å². The molecule has 0 aliphatic carbocycles. The van der Waals surface area contributed by atoms with Gasteiger partial charge in [-0.3, -0.25) is 0 Å². The van der Waals surface area contributed by atoms with Crippen molar-refractivity contribution >= 4 is 132 Å². The minimum absolute atomic E-state index is 0.754. The molecule has 41 heavy (non-hydrogen) atoms. The van der Waals surface area contributed by atoms with E-state index in [1.165, 1.54) is 4.70 Å². The van der Waals surface area contributed by atoms with Crippen LogP contribution in [0.15, 0.2) is 21.9 Å². The van der Waals surface area contributed by atoms with E-state index in [2.05, 4.69) is 152 Å². The van der Waals surface area contributed by atoms with E-state index in [0.717, 1.165) is 33.2 Å².